The van der Waals surface area contributed by atoms with Crippen molar-refractivity contribution < 1.29 is 9.47 Å². The van der Waals surface area contributed by atoms with Gasteiger partial charge in [0.25, 0.3) is 0 Å². The summed E-state index contributed by atoms with van der Waals surface area (Å²) in [6.07, 6.45) is 3.30. The van der Waals surface area contributed by atoms with E-state index in [4.69, 9.17) is 15.3 Å². The average Bonchev–Trinajstić information content (AvgIpc) is 2.36. The first-order valence-electron chi connectivity index (χ1n) is 7.44. The molecule has 1 saturated carbocycles. The number of ether oxygens (including phenoxy) is 2. The van der Waals surface area contributed by atoms with E-state index in [9.17, 15) is 0 Å². The third-order valence-corrected chi connectivity index (χ3v) is 3.62. The Labute approximate surface area is 125 Å². The highest BCUT2D eigenvalue weighted by molar-refractivity contribution is 5.25. The van der Waals surface area contributed by atoms with Gasteiger partial charge in [-0.25, -0.2) is 5.84 Å². The molecule has 0 spiro atoms. The van der Waals surface area contributed by atoms with Gasteiger partial charge in [0, 0.05) is 0 Å². The number of hydrazine groups is 1. The van der Waals surface area contributed by atoms with E-state index < -0.39 is 0 Å². The van der Waals surface area contributed by atoms with Crippen molar-refractivity contribution in [2.75, 3.05) is 12.0 Å². The summed E-state index contributed by atoms with van der Waals surface area (Å²) in [5, 5.41) is 0. The molecule has 0 saturated heterocycles. The number of rotatable bonds is 5. The Hall–Kier alpha value is -1.63. The van der Waals surface area contributed by atoms with Crippen molar-refractivity contribution in [3.8, 4) is 12.0 Å². The minimum Gasteiger partial charge on any atom is -0.464 e. The normalized spacial score (nSPS) is 24.4. The van der Waals surface area contributed by atoms with Crippen LogP contribution in [0.5, 0.6) is 12.0 Å². The van der Waals surface area contributed by atoms with E-state index in [1.807, 2.05) is 6.92 Å². The Balaban J connectivity index is 2.12. The molecule has 0 aromatic carbocycles. The molecule has 21 heavy (non-hydrogen) atoms. The van der Waals surface area contributed by atoms with Crippen LogP contribution in [0.15, 0.2) is 0 Å². The van der Waals surface area contributed by atoms with Crippen molar-refractivity contribution in [2.45, 2.75) is 53.1 Å². The molecule has 2 unspecified atom stereocenters. The van der Waals surface area contributed by atoms with Gasteiger partial charge < -0.3 is 9.47 Å². The van der Waals surface area contributed by atoms with Crippen molar-refractivity contribution in [2.24, 2.45) is 17.2 Å². The molecule has 2 atom stereocenters. The maximum absolute atomic E-state index is 5.95. The zero-order valence-electron chi connectivity index (χ0n) is 13.2. The summed E-state index contributed by atoms with van der Waals surface area (Å²) in [5.41, 5.74) is 2.68. The zero-order valence-corrected chi connectivity index (χ0v) is 13.2. The van der Waals surface area contributed by atoms with Gasteiger partial charge in [-0.15, -0.1) is 4.98 Å². The van der Waals surface area contributed by atoms with Gasteiger partial charge in [-0.2, -0.15) is 9.97 Å². The molecule has 7 heteroatoms. The lowest BCUT2D eigenvalue weighted by molar-refractivity contribution is 0.0493. The molecular weight excluding hydrogens is 270 g/mol. The fraction of sp³-hybridized carbons (Fsp3) is 0.786. The molecular formula is C14H25N5O2. The number of nitrogens with one attached hydrogen (secondary N) is 1. The Morgan fingerprint density at radius 2 is 1.95 bits per heavy atom. The van der Waals surface area contributed by atoms with Crippen LogP contribution in [-0.2, 0) is 0 Å². The number of hydrogen-bond acceptors (Lipinski definition) is 7. The molecule has 1 aromatic rings. The first-order valence-corrected chi connectivity index (χ1v) is 7.44. The smallest absolute Gasteiger partial charge is 0.324 e. The molecule has 0 amide bonds. The second kappa shape index (κ2) is 6.43. The number of nitrogens with zero attached hydrogens (tertiary/aromatic N) is 3. The van der Waals surface area contributed by atoms with Crippen LogP contribution in [0.1, 0.15) is 47.0 Å². The van der Waals surface area contributed by atoms with Crippen LogP contribution >= 0.6 is 0 Å². The zero-order chi connectivity index (χ0) is 15.5. The Kier molecular flexibility index (Phi) is 4.82. The minimum atomic E-state index is 0.103. The van der Waals surface area contributed by atoms with E-state index in [2.05, 4.69) is 41.1 Å². The molecule has 1 heterocycles. The van der Waals surface area contributed by atoms with Crippen LogP contribution in [0.25, 0.3) is 0 Å². The lowest BCUT2D eigenvalue weighted by atomic mass is 9.71. The van der Waals surface area contributed by atoms with Crippen molar-refractivity contribution in [1.29, 1.82) is 0 Å². The molecule has 1 aliphatic carbocycles. The average molecular weight is 295 g/mol. The summed E-state index contributed by atoms with van der Waals surface area (Å²) in [5.74, 6) is 6.23. The first-order chi connectivity index (χ1) is 9.91. The lowest BCUT2D eigenvalue weighted by Gasteiger charge is -2.38. The summed E-state index contributed by atoms with van der Waals surface area (Å²) in [6.45, 7) is 9.13. The van der Waals surface area contributed by atoms with E-state index in [1.54, 1.807) is 0 Å². The number of anilines is 1. The van der Waals surface area contributed by atoms with Gasteiger partial charge in [-0.3, -0.25) is 5.43 Å². The molecule has 1 aromatic heterocycles. The van der Waals surface area contributed by atoms with E-state index in [1.165, 1.54) is 6.42 Å². The minimum absolute atomic E-state index is 0.103. The Bertz CT molecular complexity index is 480. The van der Waals surface area contributed by atoms with Gasteiger partial charge in [0.05, 0.1) is 6.61 Å². The van der Waals surface area contributed by atoms with Crippen LogP contribution in [0, 0.1) is 11.3 Å². The lowest BCUT2D eigenvalue weighted by Crippen LogP contribution is -2.34. The van der Waals surface area contributed by atoms with E-state index >= 15 is 0 Å². The highest BCUT2D eigenvalue weighted by Gasteiger charge is 2.33. The van der Waals surface area contributed by atoms with Crippen molar-refractivity contribution in [3.63, 3.8) is 0 Å². The molecule has 0 aliphatic heterocycles. The van der Waals surface area contributed by atoms with Gasteiger partial charge >= 0.3 is 12.0 Å². The quantitative estimate of drug-likeness (QED) is 0.634. The van der Waals surface area contributed by atoms with Crippen LogP contribution in [-0.4, -0.2) is 27.7 Å². The third-order valence-electron chi connectivity index (χ3n) is 3.62. The third kappa shape index (κ3) is 4.42. The summed E-state index contributed by atoms with van der Waals surface area (Å²) >= 11 is 0. The Morgan fingerprint density at radius 1 is 1.24 bits per heavy atom. The van der Waals surface area contributed by atoms with Crippen LogP contribution < -0.4 is 20.7 Å². The summed E-state index contributed by atoms with van der Waals surface area (Å²) in [4.78, 5) is 12.3. The molecule has 0 radical (unpaired) electrons. The monoisotopic (exact) mass is 295 g/mol. The maximum atomic E-state index is 5.95. The molecule has 2 rings (SSSR count). The van der Waals surface area contributed by atoms with Crippen LogP contribution in [0.3, 0.4) is 0 Å². The number of aromatic nitrogens is 3. The van der Waals surface area contributed by atoms with Crippen LogP contribution in [0.4, 0.5) is 5.95 Å². The molecule has 0 bridgehead atoms. The topological polar surface area (TPSA) is 95.2 Å². The van der Waals surface area contributed by atoms with Gasteiger partial charge in [-0.1, -0.05) is 20.8 Å². The van der Waals surface area contributed by atoms with Crippen molar-refractivity contribution in [1.82, 2.24) is 15.0 Å². The molecule has 3 N–H and O–H groups in total. The van der Waals surface area contributed by atoms with E-state index in [0.29, 0.717) is 12.5 Å². The molecule has 7 nitrogen and oxygen atoms in total. The number of nitrogen functional groups attached to an aromatic ring is 1. The van der Waals surface area contributed by atoms with Crippen molar-refractivity contribution >= 4 is 5.95 Å². The fourth-order valence-electron chi connectivity index (χ4n) is 3.15. The highest BCUT2D eigenvalue weighted by Crippen LogP contribution is 2.39. The second-order valence-electron chi connectivity index (χ2n) is 6.45. The maximum Gasteiger partial charge on any atom is 0.324 e. The van der Waals surface area contributed by atoms with Gasteiger partial charge in [-0.05, 0) is 37.5 Å². The molecule has 1 aliphatic rings. The van der Waals surface area contributed by atoms with Gasteiger partial charge in [0.1, 0.15) is 6.10 Å². The predicted octanol–water partition coefficient (Wildman–Crippen LogP) is 2.15. The summed E-state index contributed by atoms with van der Waals surface area (Å²) in [6, 6.07) is 0.481. The largest absolute Gasteiger partial charge is 0.464 e. The van der Waals surface area contributed by atoms with E-state index in [-0.39, 0.29) is 29.5 Å². The standard InChI is InChI=1S/C14H25N5O2/c1-5-20-12-16-11(19-15)17-13(18-12)21-10-6-9(2)7-14(3,4)8-10/h9-10H,5-8,15H2,1-4H3,(H,16,17,18,19). The Morgan fingerprint density at radius 3 is 2.57 bits per heavy atom. The number of hydrogen-bond donors (Lipinski definition) is 2. The molecule has 118 valence electrons. The number of nitrogens with two attached hydrogens (primary N) is 1. The summed E-state index contributed by atoms with van der Waals surface area (Å²) in [7, 11) is 0. The second-order valence-corrected chi connectivity index (χ2v) is 6.45. The highest BCUT2D eigenvalue weighted by atomic mass is 16.5. The summed E-state index contributed by atoms with van der Waals surface area (Å²) < 4.78 is 11.3. The fourth-order valence-corrected chi connectivity index (χ4v) is 3.15. The first kappa shape index (κ1) is 15.8. The SMILES string of the molecule is CCOc1nc(NN)nc(OC2CC(C)CC(C)(C)C2)n1. The predicted molar refractivity (Wildman–Crippen MR) is 80.0 cm³/mol. The van der Waals surface area contributed by atoms with E-state index in [0.717, 1.165) is 12.8 Å². The van der Waals surface area contributed by atoms with Crippen LogP contribution in [0.2, 0.25) is 0 Å². The van der Waals surface area contributed by atoms with Gasteiger partial charge in [0.2, 0.25) is 5.95 Å². The molecule has 1 fully saturated rings. The van der Waals surface area contributed by atoms with Gasteiger partial charge in [0.15, 0.2) is 0 Å². The van der Waals surface area contributed by atoms with Crippen molar-refractivity contribution in [3.05, 3.63) is 0 Å².